The van der Waals surface area contributed by atoms with Crippen LogP contribution in [-0.4, -0.2) is 36.5 Å². The van der Waals surface area contributed by atoms with Gasteiger partial charge in [0.15, 0.2) is 11.5 Å². The molecule has 192 valence electrons. The maximum absolute atomic E-state index is 10.8. The van der Waals surface area contributed by atoms with Gasteiger partial charge in [-0.25, -0.2) is 9.59 Å². The van der Waals surface area contributed by atoms with Crippen LogP contribution in [0.4, 0.5) is 0 Å². The molecule has 2 unspecified atom stereocenters. The Labute approximate surface area is 224 Å². The van der Waals surface area contributed by atoms with E-state index in [0.717, 1.165) is 12.2 Å². The molecule has 0 aliphatic rings. The predicted octanol–water partition coefficient (Wildman–Crippen LogP) is 0.869. The maximum Gasteiger partial charge on any atom is 2.00 e. The first-order chi connectivity index (χ1) is 17.1. The predicted molar refractivity (Wildman–Crippen MR) is 116 cm³/mol. The minimum Gasteiger partial charge on any atom is -0.545 e. The molecule has 2 aromatic rings. The molecule has 0 N–H and O–H groups in total. The van der Waals surface area contributed by atoms with Crippen molar-refractivity contribution in [3.63, 3.8) is 0 Å². The summed E-state index contributed by atoms with van der Waals surface area (Å²) in [4.78, 5) is 62.1. The summed E-state index contributed by atoms with van der Waals surface area (Å²) < 4.78 is 9.31. The molecule has 0 aliphatic heterocycles. The van der Waals surface area contributed by atoms with E-state index in [1.54, 1.807) is 12.1 Å². The standard InChI is InChI=1S/2C12H12O6.Zn/c2*1-3-11(13)16-8(2)17-18-10-7-5-4-6-9(10)12(14)15;/h2*3-8H,1H2,2H3,(H,14,15);/q;;+2/p-2. The topological polar surface area (TPSA) is 170 Å². The van der Waals surface area contributed by atoms with E-state index in [-0.39, 0.29) is 42.1 Å². The normalized spacial score (nSPS) is 11.1. The number of hydrogen-bond donors (Lipinski definition) is 0. The molecule has 2 rings (SSSR count). The van der Waals surface area contributed by atoms with Crippen molar-refractivity contribution in [2.75, 3.05) is 0 Å². The summed E-state index contributed by atoms with van der Waals surface area (Å²) in [7, 11) is 0. The van der Waals surface area contributed by atoms with Gasteiger partial charge in [0.25, 0.3) is 0 Å². The fraction of sp³-hybridized carbons (Fsp3) is 0.167. The van der Waals surface area contributed by atoms with Gasteiger partial charge in [0.1, 0.15) is 0 Å². The van der Waals surface area contributed by atoms with Gasteiger partial charge in [0.2, 0.25) is 12.6 Å². The number of carboxylic acid groups (broad SMARTS) is 2. The molecule has 0 saturated carbocycles. The van der Waals surface area contributed by atoms with E-state index >= 15 is 0 Å². The average Bonchev–Trinajstić information content (AvgIpc) is 2.86. The third-order valence-corrected chi connectivity index (χ3v) is 3.66. The molecule has 0 radical (unpaired) electrons. The van der Waals surface area contributed by atoms with E-state index in [4.69, 9.17) is 19.6 Å². The molecule has 0 heterocycles. The van der Waals surface area contributed by atoms with Crippen molar-refractivity contribution in [1.29, 1.82) is 0 Å². The van der Waals surface area contributed by atoms with E-state index in [9.17, 15) is 29.4 Å². The third-order valence-electron chi connectivity index (χ3n) is 3.66. The number of aromatic carboxylic acids is 2. The van der Waals surface area contributed by atoms with Crippen molar-refractivity contribution < 1.29 is 77.9 Å². The van der Waals surface area contributed by atoms with Crippen LogP contribution >= 0.6 is 0 Å². The molecule has 0 fully saturated rings. The molecule has 0 aromatic heterocycles. The fourth-order valence-electron chi connectivity index (χ4n) is 2.12. The Morgan fingerprint density at radius 3 is 1.32 bits per heavy atom. The molecule has 37 heavy (non-hydrogen) atoms. The minimum atomic E-state index is -1.40. The van der Waals surface area contributed by atoms with Gasteiger partial charge in [-0.05, 0) is 24.3 Å². The first-order valence-corrected chi connectivity index (χ1v) is 10.0. The van der Waals surface area contributed by atoms with Crippen molar-refractivity contribution >= 4 is 23.9 Å². The van der Waals surface area contributed by atoms with Crippen molar-refractivity contribution in [2.45, 2.75) is 26.4 Å². The average molecular weight is 568 g/mol. The molecule has 0 saturated heterocycles. The summed E-state index contributed by atoms with van der Waals surface area (Å²) in [6.45, 7) is 9.24. The van der Waals surface area contributed by atoms with E-state index in [2.05, 4.69) is 22.6 Å². The van der Waals surface area contributed by atoms with Gasteiger partial charge in [-0.2, -0.15) is 0 Å². The fourth-order valence-corrected chi connectivity index (χ4v) is 2.12. The molecule has 12 nitrogen and oxygen atoms in total. The Balaban J connectivity index is 0.000000682. The van der Waals surface area contributed by atoms with E-state index < -0.39 is 36.5 Å². The first kappa shape index (κ1) is 32.9. The second-order valence-corrected chi connectivity index (χ2v) is 6.34. The van der Waals surface area contributed by atoms with E-state index in [0.29, 0.717) is 0 Å². The summed E-state index contributed by atoms with van der Waals surface area (Å²) in [5.74, 6) is -4.24. The number of esters is 2. The van der Waals surface area contributed by atoms with Gasteiger partial charge >= 0.3 is 31.4 Å². The van der Waals surface area contributed by atoms with Crippen LogP contribution in [0.3, 0.4) is 0 Å². The Kier molecular flexibility index (Phi) is 15.5. The number of ether oxygens (including phenoxy) is 2. The molecular weight excluding hydrogens is 546 g/mol. The van der Waals surface area contributed by atoms with Crippen LogP contribution in [0.1, 0.15) is 34.6 Å². The van der Waals surface area contributed by atoms with Gasteiger partial charge in [-0.3, -0.25) is 0 Å². The number of benzene rings is 2. The molecule has 0 amide bonds. The van der Waals surface area contributed by atoms with Gasteiger partial charge in [0, 0.05) is 37.1 Å². The number of hydrogen-bond acceptors (Lipinski definition) is 12. The number of carbonyl (C=O) groups is 4. The number of para-hydroxylation sites is 2. The number of carboxylic acids is 2. The van der Waals surface area contributed by atoms with Crippen molar-refractivity contribution in [3.8, 4) is 11.5 Å². The third kappa shape index (κ3) is 12.5. The largest absolute Gasteiger partial charge is 2.00 e. The Bertz CT molecular complexity index is 999. The van der Waals surface area contributed by atoms with E-state index in [1.165, 1.54) is 50.2 Å². The van der Waals surface area contributed by atoms with Crippen LogP contribution in [0.2, 0.25) is 0 Å². The molecule has 0 spiro atoms. The first-order valence-electron chi connectivity index (χ1n) is 10.0. The van der Waals surface area contributed by atoms with Crippen LogP contribution in [0.15, 0.2) is 73.8 Å². The summed E-state index contributed by atoms with van der Waals surface area (Å²) in [6.07, 6.45) is -0.0835. The zero-order valence-electron chi connectivity index (χ0n) is 19.9. The second kappa shape index (κ2) is 17.4. The van der Waals surface area contributed by atoms with Crippen molar-refractivity contribution in [2.24, 2.45) is 0 Å². The zero-order chi connectivity index (χ0) is 27.1. The summed E-state index contributed by atoms with van der Waals surface area (Å²) in [6, 6.07) is 11.5. The molecular formula is C24H22O12Zn. The van der Waals surface area contributed by atoms with Crippen molar-refractivity contribution in [1.82, 2.24) is 0 Å². The van der Waals surface area contributed by atoms with Crippen molar-refractivity contribution in [3.05, 3.63) is 85.0 Å². The Morgan fingerprint density at radius 2 is 1.03 bits per heavy atom. The zero-order valence-corrected chi connectivity index (χ0v) is 22.9. The maximum atomic E-state index is 10.8. The van der Waals surface area contributed by atoms with Gasteiger partial charge in [0.05, 0.1) is 11.9 Å². The summed E-state index contributed by atoms with van der Waals surface area (Å²) in [5.41, 5.74) is -0.334. The van der Waals surface area contributed by atoms with Crippen LogP contribution < -0.4 is 20.0 Å². The smallest absolute Gasteiger partial charge is 0.545 e. The van der Waals surface area contributed by atoms with Crippen LogP contribution in [0.5, 0.6) is 11.5 Å². The van der Waals surface area contributed by atoms with E-state index in [1.807, 2.05) is 0 Å². The summed E-state index contributed by atoms with van der Waals surface area (Å²) >= 11 is 0. The van der Waals surface area contributed by atoms with Gasteiger partial charge < -0.3 is 39.1 Å². The number of carbonyl (C=O) groups excluding carboxylic acids is 4. The van der Waals surface area contributed by atoms with Gasteiger partial charge in [-0.15, -0.1) is 9.78 Å². The molecule has 0 aliphatic carbocycles. The number of rotatable bonds is 12. The quantitative estimate of drug-likeness (QED) is 0.0886. The van der Waals surface area contributed by atoms with Crippen LogP contribution in [0.25, 0.3) is 0 Å². The molecule has 13 heteroatoms. The van der Waals surface area contributed by atoms with Gasteiger partial charge in [-0.1, -0.05) is 37.4 Å². The summed E-state index contributed by atoms with van der Waals surface area (Å²) in [5, 5.41) is 21.5. The SMILES string of the molecule is C=CC(=O)OC(C)OOc1ccccc1C(=O)[O-].C=CC(=O)OC(C)OOc1ccccc1C(=O)[O-].[Zn+2]. The van der Waals surface area contributed by atoms with Crippen LogP contribution in [0, 0.1) is 0 Å². The monoisotopic (exact) mass is 566 g/mol. The minimum absolute atomic E-state index is 0. The molecule has 2 aromatic carbocycles. The Hall–Kier alpha value is -4.06. The second-order valence-electron chi connectivity index (χ2n) is 6.34. The Morgan fingerprint density at radius 1 is 0.703 bits per heavy atom. The molecule has 0 bridgehead atoms. The molecule has 2 atom stereocenters. The van der Waals surface area contributed by atoms with Crippen LogP contribution in [-0.2, 0) is 48.3 Å².